The average Bonchev–Trinajstić information content (AvgIpc) is 3.07. The van der Waals surface area contributed by atoms with Crippen LogP contribution >= 0.6 is 0 Å². The minimum Gasteiger partial charge on any atom is -0.389 e. The van der Waals surface area contributed by atoms with Crippen molar-refractivity contribution in [1.82, 2.24) is 10.2 Å². The van der Waals surface area contributed by atoms with Crippen LogP contribution < -0.4 is 5.32 Å². The number of hydrogen-bond acceptors (Lipinski definition) is 8. The predicted octanol–water partition coefficient (Wildman–Crippen LogP) is -3.82. The van der Waals surface area contributed by atoms with E-state index in [9.17, 15) is 30.6 Å². The zero-order valence-corrected chi connectivity index (χ0v) is 11.2. The highest BCUT2D eigenvalue weighted by Crippen LogP contribution is 2.19. The quantitative estimate of drug-likeness (QED) is 0.274. The van der Waals surface area contributed by atoms with Gasteiger partial charge in [0.05, 0.1) is 18.2 Å². The highest BCUT2D eigenvalue weighted by Gasteiger charge is 2.44. The molecule has 8 heteroatoms. The lowest BCUT2D eigenvalue weighted by atomic mass is 9.96. The van der Waals surface area contributed by atoms with Crippen molar-refractivity contribution in [2.24, 2.45) is 0 Å². The van der Waals surface area contributed by atoms with E-state index in [1.165, 1.54) is 0 Å². The molecule has 2 fully saturated rings. The Bertz CT molecular complexity index is 314. The molecule has 7 N–H and O–H groups in total. The molecule has 0 aliphatic carbocycles. The molecule has 2 rings (SSSR count). The van der Waals surface area contributed by atoms with E-state index < -0.39 is 42.8 Å². The summed E-state index contributed by atoms with van der Waals surface area (Å²) in [6.07, 6.45) is -6.34. The number of rotatable bonds is 5. The Morgan fingerprint density at radius 1 is 0.950 bits per heavy atom. The molecule has 0 bridgehead atoms. The molecular weight excluding hydrogens is 268 g/mol. The van der Waals surface area contributed by atoms with E-state index in [-0.39, 0.29) is 6.54 Å². The van der Waals surface area contributed by atoms with E-state index in [1.807, 2.05) is 0 Å². The molecule has 2 aliphatic heterocycles. The molecule has 0 spiro atoms. The van der Waals surface area contributed by atoms with Crippen LogP contribution in [0, 0.1) is 0 Å². The first-order valence-corrected chi connectivity index (χ1v) is 6.99. The minimum absolute atomic E-state index is 0.0976. The molecule has 0 amide bonds. The lowest BCUT2D eigenvalue weighted by Gasteiger charge is -2.34. The summed E-state index contributed by atoms with van der Waals surface area (Å²) in [5, 5.41) is 61.6. The van der Waals surface area contributed by atoms with Crippen LogP contribution in [-0.2, 0) is 0 Å². The molecule has 7 atom stereocenters. The van der Waals surface area contributed by atoms with Crippen LogP contribution in [0.5, 0.6) is 0 Å². The molecule has 2 aliphatic rings. The van der Waals surface area contributed by atoms with E-state index >= 15 is 0 Å². The summed E-state index contributed by atoms with van der Waals surface area (Å²) in [6, 6.07) is -0.944. The summed E-state index contributed by atoms with van der Waals surface area (Å²) in [7, 11) is 0. The molecule has 2 saturated heterocycles. The average molecular weight is 292 g/mol. The second-order valence-corrected chi connectivity index (χ2v) is 5.62. The zero-order chi connectivity index (χ0) is 14.9. The Morgan fingerprint density at radius 3 is 2.05 bits per heavy atom. The highest BCUT2D eigenvalue weighted by molar-refractivity contribution is 4.99. The van der Waals surface area contributed by atoms with Gasteiger partial charge in [0.1, 0.15) is 24.5 Å². The summed E-state index contributed by atoms with van der Waals surface area (Å²) >= 11 is 0. The molecule has 0 aromatic rings. The first-order chi connectivity index (χ1) is 9.43. The van der Waals surface area contributed by atoms with Crippen LogP contribution in [-0.4, -0.2) is 98.0 Å². The van der Waals surface area contributed by atoms with Gasteiger partial charge in [-0.25, -0.2) is 0 Å². The zero-order valence-electron chi connectivity index (χ0n) is 11.2. The van der Waals surface area contributed by atoms with Gasteiger partial charge in [0.2, 0.25) is 0 Å². The van der Waals surface area contributed by atoms with E-state index in [0.717, 1.165) is 12.8 Å². The number of aliphatic hydroxyl groups is 6. The summed E-state index contributed by atoms with van der Waals surface area (Å²) in [5.41, 5.74) is 0. The van der Waals surface area contributed by atoms with E-state index in [1.54, 1.807) is 4.90 Å². The maximum Gasteiger partial charge on any atom is 0.136 e. The van der Waals surface area contributed by atoms with Gasteiger partial charge in [0.25, 0.3) is 0 Å². The topological polar surface area (TPSA) is 137 Å². The van der Waals surface area contributed by atoms with Crippen LogP contribution in [0.15, 0.2) is 0 Å². The minimum atomic E-state index is -1.62. The Hall–Kier alpha value is -0.320. The maximum atomic E-state index is 9.99. The summed E-state index contributed by atoms with van der Waals surface area (Å²) in [4.78, 5) is 1.63. The number of hydrogen-bond donors (Lipinski definition) is 7. The summed E-state index contributed by atoms with van der Waals surface area (Å²) < 4.78 is 0. The van der Waals surface area contributed by atoms with Gasteiger partial charge in [-0.1, -0.05) is 0 Å². The van der Waals surface area contributed by atoms with Crippen molar-refractivity contribution in [2.75, 3.05) is 19.6 Å². The first kappa shape index (κ1) is 16.1. The van der Waals surface area contributed by atoms with Crippen LogP contribution in [0.4, 0.5) is 0 Å². The van der Waals surface area contributed by atoms with Crippen molar-refractivity contribution in [2.45, 2.75) is 55.6 Å². The summed E-state index contributed by atoms with van der Waals surface area (Å²) in [6.45, 7) is 1.36. The van der Waals surface area contributed by atoms with Crippen LogP contribution in [0.3, 0.4) is 0 Å². The molecule has 0 saturated carbocycles. The highest BCUT2D eigenvalue weighted by atomic mass is 16.4. The fourth-order valence-electron chi connectivity index (χ4n) is 2.87. The molecular formula is C12H24N2O6. The standard InChI is InChI=1S/C12H24N2O6/c15-6-5-13-7(8(6)16)9(17)10(18)11(19)12(20)14-3-1-2-4-14/h6-13,15-20H,1-5H2/t6-,7?,8+,9?,10-,11-,12?/m1/s1. The molecule has 3 unspecified atom stereocenters. The van der Waals surface area contributed by atoms with Gasteiger partial charge in [-0.15, -0.1) is 0 Å². The number of nitrogens with one attached hydrogen (secondary N) is 1. The number of likely N-dealkylation sites (tertiary alicyclic amines) is 1. The second kappa shape index (κ2) is 6.63. The van der Waals surface area contributed by atoms with Gasteiger partial charge >= 0.3 is 0 Å². The molecule has 20 heavy (non-hydrogen) atoms. The summed E-state index contributed by atoms with van der Waals surface area (Å²) in [5.74, 6) is 0. The van der Waals surface area contributed by atoms with Crippen LogP contribution in [0.25, 0.3) is 0 Å². The third-order valence-corrected chi connectivity index (χ3v) is 4.21. The first-order valence-electron chi connectivity index (χ1n) is 6.99. The fraction of sp³-hybridized carbons (Fsp3) is 1.00. The maximum absolute atomic E-state index is 9.99. The Balaban J connectivity index is 1.93. The monoisotopic (exact) mass is 292 g/mol. The van der Waals surface area contributed by atoms with Gasteiger partial charge in [0, 0.05) is 19.6 Å². The van der Waals surface area contributed by atoms with Crippen LogP contribution in [0.1, 0.15) is 12.8 Å². The Morgan fingerprint density at radius 2 is 1.55 bits per heavy atom. The van der Waals surface area contributed by atoms with Crippen molar-refractivity contribution in [3.63, 3.8) is 0 Å². The van der Waals surface area contributed by atoms with Gasteiger partial charge in [-0.05, 0) is 12.8 Å². The second-order valence-electron chi connectivity index (χ2n) is 5.62. The van der Waals surface area contributed by atoms with Crippen molar-refractivity contribution < 1.29 is 30.6 Å². The third-order valence-electron chi connectivity index (χ3n) is 4.21. The SMILES string of the molecule is OC(C1NC[C@@H](O)[C@@H]1O)[C@@H](O)[C@@H](O)C(O)N1CCCC1. The normalized spacial score (nSPS) is 37.8. The lowest BCUT2D eigenvalue weighted by Crippen LogP contribution is -2.57. The van der Waals surface area contributed by atoms with E-state index in [2.05, 4.69) is 5.32 Å². The fourth-order valence-corrected chi connectivity index (χ4v) is 2.87. The Kier molecular flexibility index (Phi) is 5.32. The van der Waals surface area contributed by atoms with Gasteiger partial charge in [-0.2, -0.15) is 0 Å². The number of aliphatic hydroxyl groups excluding tert-OH is 6. The third kappa shape index (κ3) is 3.12. The lowest BCUT2D eigenvalue weighted by molar-refractivity contribution is -0.155. The molecule has 118 valence electrons. The number of nitrogens with zero attached hydrogens (tertiary/aromatic N) is 1. The molecule has 8 nitrogen and oxygen atoms in total. The molecule has 0 aromatic heterocycles. The van der Waals surface area contributed by atoms with E-state index in [4.69, 9.17) is 0 Å². The van der Waals surface area contributed by atoms with Gasteiger partial charge < -0.3 is 36.0 Å². The molecule has 2 heterocycles. The number of β-amino-alcohol motifs (C(OH)–C–C–N with tert-alkyl or cyclic N) is 1. The van der Waals surface area contributed by atoms with Gasteiger partial charge in [0.15, 0.2) is 0 Å². The molecule has 0 aromatic carbocycles. The predicted molar refractivity (Wildman–Crippen MR) is 68.6 cm³/mol. The molecule has 0 radical (unpaired) electrons. The largest absolute Gasteiger partial charge is 0.389 e. The van der Waals surface area contributed by atoms with Gasteiger partial charge in [-0.3, -0.25) is 4.90 Å². The van der Waals surface area contributed by atoms with Crippen molar-refractivity contribution >= 4 is 0 Å². The Labute approximate surface area is 117 Å². The van der Waals surface area contributed by atoms with E-state index in [0.29, 0.717) is 13.1 Å². The van der Waals surface area contributed by atoms with Crippen LogP contribution in [0.2, 0.25) is 0 Å². The van der Waals surface area contributed by atoms with Crippen molar-refractivity contribution in [1.29, 1.82) is 0 Å². The van der Waals surface area contributed by atoms with Crippen molar-refractivity contribution in [3.8, 4) is 0 Å². The smallest absolute Gasteiger partial charge is 0.136 e. The van der Waals surface area contributed by atoms with Crippen molar-refractivity contribution in [3.05, 3.63) is 0 Å².